The molecule has 3 aromatic rings. The monoisotopic (exact) mass is 349 g/mol. The van der Waals surface area contributed by atoms with Gasteiger partial charge in [-0.05, 0) is 31.2 Å². The maximum atomic E-state index is 12.6. The third-order valence-electron chi connectivity index (χ3n) is 4.30. The highest BCUT2D eigenvalue weighted by Crippen LogP contribution is 2.16. The summed E-state index contributed by atoms with van der Waals surface area (Å²) in [5.74, 6) is 1.41. The molecule has 0 bridgehead atoms. The lowest BCUT2D eigenvalue weighted by Gasteiger charge is -2.24. The molecule has 2 aromatic carbocycles. The van der Waals surface area contributed by atoms with Crippen molar-refractivity contribution in [2.45, 2.75) is 6.92 Å². The van der Waals surface area contributed by atoms with Crippen LogP contribution < -0.4 is 4.90 Å². The fourth-order valence-electron chi connectivity index (χ4n) is 2.67. The van der Waals surface area contributed by atoms with Gasteiger partial charge < -0.3 is 9.80 Å². The highest BCUT2D eigenvalue weighted by atomic mass is 16.2. The number of benzene rings is 2. The molecule has 1 aromatic heterocycles. The first-order chi connectivity index (χ1) is 12.5. The number of aromatic nitrogens is 3. The Kier molecular flexibility index (Phi) is 5.31. The van der Waals surface area contributed by atoms with Gasteiger partial charge in [0.05, 0.1) is 0 Å². The van der Waals surface area contributed by atoms with Crippen LogP contribution in [0.1, 0.15) is 16.2 Å². The number of hydrogen-bond donors (Lipinski definition) is 1. The van der Waals surface area contributed by atoms with Crippen LogP contribution in [-0.2, 0) is 0 Å². The molecule has 0 fully saturated rings. The van der Waals surface area contributed by atoms with E-state index < -0.39 is 0 Å². The number of nitrogens with one attached hydrogen (secondary N) is 1. The number of H-pyrrole nitrogens is 1. The van der Waals surface area contributed by atoms with E-state index in [1.165, 1.54) is 0 Å². The minimum atomic E-state index is 0.00387. The van der Waals surface area contributed by atoms with Crippen LogP contribution in [0.3, 0.4) is 0 Å². The number of amides is 1. The summed E-state index contributed by atoms with van der Waals surface area (Å²) >= 11 is 0. The van der Waals surface area contributed by atoms with Crippen molar-refractivity contribution in [2.75, 3.05) is 32.1 Å². The molecule has 3 rings (SSSR count). The van der Waals surface area contributed by atoms with Crippen LogP contribution in [0.4, 0.5) is 5.69 Å². The fourth-order valence-corrected chi connectivity index (χ4v) is 2.67. The van der Waals surface area contributed by atoms with Gasteiger partial charge in [-0.1, -0.05) is 30.3 Å². The summed E-state index contributed by atoms with van der Waals surface area (Å²) in [5.41, 5.74) is 2.68. The van der Waals surface area contributed by atoms with E-state index in [1.54, 1.807) is 4.90 Å². The summed E-state index contributed by atoms with van der Waals surface area (Å²) < 4.78 is 0. The van der Waals surface area contributed by atoms with Crippen molar-refractivity contribution in [3.63, 3.8) is 0 Å². The molecule has 6 heteroatoms. The minimum absolute atomic E-state index is 0.00387. The van der Waals surface area contributed by atoms with Gasteiger partial charge in [0.15, 0.2) is 5.82 Å². The summed E-state index contributed by atoms with van der Waals surface area (Å²) in [4.78, 5) is 20.8. The predicted octanol–water partition coefficient (Wildman–Crippen LogP) is 2.99. The molecular weight excluding hydrogens is 326 g/mol. The largest absolute Gasteiger partial charge is 0.373 e. The summed E-state index contributed by atoms with van der Waals surface area (Å²) in [6.07, 6.45) is 0. The summed E-state index contributed by atoms with van der Waals surface area (Å²) in [6, 6.07) is 17.5. The third-order valence-corrected chi connectivity index (χ3v) is 4.30. The van der Waals surface area contributed by atoms with Crippen molar-refractivity contribution in [3.05, 3.63) is 66.0 Å². The number of rotatable bonds is 6. The standard InChI is InChI=1S/C20H23N5O/c1-15-21-19(23-22-15)16-9-11-17(12-10-16)20(26)25(3)14-13-24(2)18-7-5-4-6-8-18/h4-12H,13-14H2,1-3H3,(H,21,22,23). The molecule has 0 aliphatic rings. The molecule has 134 valence electrons. The molecule has 0 unspecified atom stereocenters. The fraction of sp³-hybridized carbons (Fsp3) is 0.250. The van der Waals surface area contributed by atoms with Crippen LogP contribution >= 0.6 is 0 Å². The Morgan fingerprint density at radius 3 is 2.31 bits per heavy atom. The van der Waals surface area contributed by atoms with Gasteiger partial charge >= 0.3 is 0 Å². The number of anilines is 1. The maximum absolute atomic E-state index is 12.6. The van der Waals surface area contributed by atoms with Gasteiger partial charge in [0.2, 0.25) is 0 Å². The molecule has 0 saturated carbocycles. The average Bonchev–Trinajstić information content (AvgIpc) is 3.12. The van der Waals surface area contributed by atoms with E-state index in [2.05, 4.69) is 32.2 Å². The highest BCUT2D eigenvalue weighted by Gasteiger charge is 2.13. The van der Waals surface area contributed by atoms with E-state index in [4.69, 9.17) is 0 Å². The van der Waals surface area contributed by atoms with E-state index >= 15 is 0 Å². The van der Waals surface area contributed by atoms with Crippen LogP contribution in [0, 0.1) is 6.92 Å². The van der Waals surface area contributed by atoms with Gasteiger partial charge in [-0.25, -0.2) is 4.98 Å². The van der Waals surface area contributed by atoms with E-state index in [1.807, 2.05) is 63.5 Å². The van der Waals surface area contributed by atoms with Crippen LogP contribution in [0.25, 0.3) is 11.4 Å². The lowest BCUT2D eigenvalue weighted by atomic mass is 10.1. The average molecular weight is 349 g/mol. The molecule has 0 spiro atoms. The van der Waals surface area contributed by atoms with Crippen molar-refractivity contribution < 1.29 is 4.79 Å². The van der Waals surface area contributed by atoms with Crippen LogP contribution in [0.5, 0.6) is 0 Å². The molecule has 1 amide bonds. The normalized spacial score (nSPS) is 10.6. The van der Waals surface area contributed by atoms with Crippen molar-refractivity contribution >= 4 is 11.6 Å². The molecule has 0 aliphatic heterocycles. The number of likely N-dealkylation sites (N-methyl/N-ethyl adjacent to an activating group) is 2. The van der Waals surface area contributed by atoms with Crippen LogP contribution in [0.2, 0.25) is 0 Å². The van der Waals surface area contributed by atoms with Gasteiger partial charge in [0, 0.05) is 44.0 Å². The molecular formula is C20H23N5O. The zero-order chi connectivity index (χ0) is 18.5. The van der Waals surface area contributed by atoms with Gasteiger partial charge in [-0.2, -0.15) is 5.10 Å². The second-order valence-corrected chi connectivity index (χ2v) is 6.31. The summed E-state index contributed by atoms with van der Waals surface area (Å²) in [6.45, 7) is 3.27. The van der Waals surface area contributed by atoms with Crippen molar-refractivity contribution in [1.82, 2.24) is 20.1 Å². The Bertz CT molecular complexity index is 857. The zero-order valence-electron chi connectivity index (χ0n) is 15.3. The number of hydrogen-bond acceptors (Lipinski definition) is 4. The molecule has 0 atom stereocenters. The molecule has 0 radical (unpaired) electrons. The molecule has 1 N–H and O–H groups in total. The van der Waals surface area contributed by atoms with E-state index in [0.29, 0.717) is 17.9 Å². The number of carbonyl (C=O) groups excluding carboxylic acids is 1. The van der Waals surface area contributed by atoms with Crippen molar-refractivity contribution in [3.8, 4) is 11.4 Å². The van der Waals surface area contributed by atoms with Crippen LogP contribution in [-0.4, -0.2) is 53.2 Å². The van der Waals surface area contributed by atoms with E-state index in [0.717, 1.165) is 23.6 Å². The van der Waals surface area contributed by atoms with Gasteiger partial charge in [0.25, 0.3) is 5.91 Å². The Morgan fingerprint density at radius 1 is 1.00 bits per heavy atom. The maximum Gasteiger partial charge on any atom is 0.253 e. The number of carbonyl (C=O) groups is 1. The van der Waals surface area contributed by atoms with Crippen molar-refractivity contribution in [2.24, 2.45) is 0 Å². The first kappa shape index (κ1) is 17.7. The molecule has 6 nitrogen and oxygen atoms in total. The molecule has 1 heterocycles. The summed E-state index contributed by atoms with van der Waals surface area (Å²) in [7, 11) is 3.86. The minimum Gasteiger partial charge on any atom is -0.373 e. The van der Waals surface area contributed by atoms with Gasteiger partial charge in [0.1, 0.15) is 5.82 Å². The lowest BCUT2D eigenvalue weighted by Crippen LogP contribution is -2.34. The predicted molar refractivity (Wildman–Crippen MR) is 103 cm³/mol. The number of nitrogens with zero attached hydrogens (tertiary/aromatic N) is 4. The first-order valence-corrected chi connectivity index (χ1v) is 8.55. The topological polar surface area (TPSA) is 65.1 Å². The molecule has 26 heavy (non-hydrogen) atoms. The Balaban J connectivity index is 1.59. The second-order valence-electron chi connectivity index (χ2n) is 6.31. The lowest BCUT2D eigenvalue weighted by molar-refractivity contribution is 0.0799. The quantitative estimate of drug-likeness (QED) is 0.743. The number of para-hydroxylation sites is 1. The summed E-state index contributed by atoms with van der Waals surface area (Å²) in [5, 5.41) is 6.96. The second kappa shape index (κ2) is 7.82. The van der Waals surface area contributed by atoms with Gasteiger partial charge in [-0.15, -0.1) is 0 Å². The number of aryl methyl sites for hydroxylation is 1. The third kappa shape index (κ3) is 4.08. The molecule has 0 aliphatic carbocycles. The van der Waals surface area contributed by atoms with E-state index in [9.17, 15) is 4.79 Å². The SMILES string of the molecule is Cc1nc(-c2ccc(C(=O)N(C)CCN(C)c3ccccc3)cc2)n[nH]1. The smallest absolute Gasteiger partial charge is 0.253 e. The van der Waals surface area contributed by atoms with Gasteiger partial charge in [-0.3, -0.25) is 9.89 Å². The van der Waals surface area contributed by atoms with Crippen molar-refractivity contribution in [1.29, 1.82) is 0 Å². The Hall–Kier alpha value is -3.15. The zero-order valence-corrected chi connectivity index (χ0v) is 15.3. The van der Waals surface area contributed by atoms with Crippen LogP contribution in [0.15, 0.2) is 54.6 Å². The Labute approximate surface area is 153 Å². The highest BCUT2D eigenvalue weighted by molar-refractivity contribution is 5.94. The molecule has 0 saturated heterocycles. The first-order valence-electron chi connectivity index (χ1n) is 8.55. The Morgan fingerprint density at radius 2 is 1.69 bits per heavy atom. The number of aromatic amines is 1. The van der Waals surface area contributed by atoms with E-state index in [-0.39, 0.29) is 5.91 Å².